The molecule has 1 aliphatic carbocycles. The van der Waals surface area contributed by atoms with Crippen LogP contribution in [0.15, 0.2) is 24.4 Å². The zero-order chi connectivity index (χ0) is 11.4. The predicted molar refractivity (Wildman–Crippen MR) is 62.1 cm³/mol. The fourth-order valence-electron chi connectivity index (χ4n) is 1.84. The van der Waals surface area contributed by atoms with Crippen LogP contribution in [0.3, 0.4) is 0 Å². The second kappa shape index (κ2) is 4.61. The molecule has 0 bridgehead atoms. The highest BCUT2D eigenvalue weighted by atomic mass is 16.1. The number of rotatable bonds is 5. The molecule has 0 aromatic carbocycles. The number of nitrogens with zero attached hydrogens (tertiary/aromatic N) is 1. The molecule has 1 saturated carbocycles. The molecule has 0 atom stereocenters. The molecule has 0 radical (unpaired) electrons. The van der Waals surface area contributed by atoms with Gasteiger partial charge in [0.15, 0.2) is 0 Å². The van der Waals surface area contributed by atoms with Crippen LogP contribution in [0.5, 0.6) is 0 Å². The Labute approximate surface area is 95.5 Å². The van der Waals surface area contributed by atoms with Crippen molar-refractivity contribution >= 4 is 5.91 Å². The number of hydrogen-bond donors (Lipinski definition) is 2. The summed E-state index contributed by atoms with van der Waals surface area (Å²) in [5, 5.41) is 5.78. The SMILES string of the molecule is CNCC(=O)NCC1(c2ccccn2)CC1. The van der Waals surface area contributed by atoms with Crippen LogP contribution < -0.4 is 10.6 Å². The van der Waals surface area contributed by atoms with Gasteiger partial charge in [-0.15, -0.1) is 0 Å². The third-order valence-electron chi connectivity index (χ3n) is 3.02. The van der Waals surface area contributed by atoms with Gasteiger partial charge in [-0.2, -0.15) is 0 Å². The smallest absolute Gasteiger partial charge is 0.233 e. The van der Waals surface area contributed by atoms with Gasteiger partial charge in [0.2, 0.25) is 5.91 Å². The lowest BCUT2D eigenvalue weighted by molar-refractivity contribution is -0.120. The van der Waals surface area contributed by atoms with E-state index in [2.05, 4.69) is 15.6 Å². The Morgan fingerprint density at radius 2 is 2.31 bits per heavy atom. The molecule has 1 aromatic rings. The first-order chi connectivity index (χ1) is 7.77. The lowest BCUT2D eigenvalue weighted by Crippen LogP contribution is -2.37. The van der Waals surface area contributed by atoms with Crippen molar-refractivity contribution in [1.82, 2.24) is 15.6 Å². The van der Waals surface area contributed by atoms with E-state index in [4.69, 9.17) is 0 Å². The molecule has 2 rings (SSSR count). The fraction of sp³-hybridized carbons (Fsp3) is 0.500. The number of hydrogen-bond acceptors (Lipinski definition) is 3. The van der Waals surface area contributed by atoms with Gasteiger partial charge in [-0.3, -0.25) is 9.78 Å². The topological polar surface area (TPSA) is 54.0 Å². The third-order valence-corrected chi connectivity index (χ3v) is 3.02. The molecule has 0 unspecified atom stereocenters. The van der Waals surface area contributed by atoms with Gasteiger partial charge in [0.25, 0.3) is 0 Å². The van der Waals surface area contributed by atoms with Crippen molar-refractivity contribution in [1.29, 1.82) is 0 Å². The maximum atomic E-state index is 11.4. The molecule has 1 aromatic heterocycles. The zero-order valence-electron chi connectivity index (χ0n) is 9.49. The Kier molecular flexibility index (Phi) is 3.19. The first-order valence-electron chi connectivity index (χ1n) is 5.60. The molecule has 1 fully saturated rings. The number of likely N-dealkylation sites (N-methyl/N-ethyl adjacent to an activating group) is 1. The van der Waals surface area contributed by atoms with Crippen LogP contribution in [0, 0.1) is 0 Å². The molecule has 4 heteroatoms. The van der Waals surface area contributed by atoms with Gasteiger partial charge in [-0.25, -0.2) is 0 Å². The summed E-state index contributed by atoms with van der Waals surface area (Å²) in [6, 6.07) is 5.95. The summed E-state index contributed by atoms with van der Waals surface area (Å²) in [7, 11) is 1.77. The highest BCUT2D eigenvalue weighted by Gasteiger charge is 2.45. The van der Waals surface area contributed by atoms with E-state index in [1.165, 1.54) is 0 Å². The summed E-state index contributed by atoms with van der Waals surface area (Å²) < 4.78 is 0. The number of pyridine rings is 1. The van der Waals surface area contributed by atoms with Gasteiger partial charge in [-0.05, 0) is 32.0 Å². The minimum Gasteiger partial charge on any atom is -0.354 e. The lowest BCUT2D eigenvalue weighted by atomic mass is 10.0. The Morgan fingerprint density at radius 3 is 2.88 bits per heavy atom. The molecule has 2 N–H and O–H groups in total. The molecule has 0 spiro atoms. The zero-order valence-corrected chi connectivity index (χ0v) is 9.49. The summed E-state index contributed by atoms with van der Waals surface area (Å²) in [5.41, 5.74) is 1.20. The number of nitrogens with one attached hydrogen (secondary N) is 2. The van der Waals surface area contributed by atoms with Crippen LogP contribution in [0.2, 0.25) is 0 Å². The van der Waals surface area contributed by atoms with E-state index in [9.17, 15) is 4.79 Å². The summed E-state index contributed by atoms with van der Waals surface area (Å²) >= 11 is 0. The first kappa shape index (κ1) is 11.1. The monoisotopic (exact) mass is 219 g/mol. The number of carbonyl (C=O) groups is 1. The summed E-state index contributed by atoms with van der Waals surface area (Å²) in [6.07, 6.45) is 4.04. The van der Waals surface area contributed by atoms with Gasteiger partial charge in [0.05, 0.1) is 6.54 Å². The van der Waals surface area contributed by atoms with Crippen molar-refractivity contribution in [2.75, 3.05) is 20.1 Å². The van der Waals surface area contributed by atoms with Gasteiger partial charge in [0.1, 0.15) is 0 Å². The minimum absolute atomic E-state index is 0.0460. The Hall–Kier alpha value is -1.42. The second-order valence-corrected chi connectivity index (χ2v) is 4.30. The third kappa shape index (κ3) is 2.39. The Morgan fingerprint density at radius 1 is 1.50 bits per heavy atom. The second-order valence-electron chi connectivity index (χ2n) is 4.30. The van der Waals surface area contributed by atoms with Crippen LogP contribution in [-0.4, -0.2) is 31.0 Å². The van der Waals surface area contributed by atoms with Gasteiger partial charge in [-0.1, -0.05) is 6.07 Å². The molecule has 0 saturated heterocycles. The largest absolute Gasteiger partial charge is 0.354 e. The molecule has 0 aliphatic heterocycles. The molecular formula is C12H17N3O. The summed E-state index contributed by atoms with van der Waals surface area (Å²) in [5.74, 6) is 0.0460. The molecule has 16 heavy (non-hydrogen) atoms. The van der Waals surface area contributed by atoms with Crippen molar-refractivity contribution < 1.29 is 4.79 Å². The van der Waals surface area contributed by atoms with E-state index >= 15 is 0 Å². The fourth-order valence-corrected chi connectivity index (χ4v) is 1.84. The van der Waals surface area contributed by atoms with E-state index in [0.29, 0.717) is 13.1 Å². The summed E-state index contributed by atoms with van der Waals surface area (Å²) in [4.78, 5) is 15.7. The Bertz CT molecular complexity index is 360. The molecule has 1 amide bonds. The average Bonchev–Trinajstić information content (AvgIpc) is 3.09. The molecule has 1 heterocycles. The summed E-state index contributed by atoms with van der Waals surface area (Å²) in [6.45, 7) is 1.07. The van der Waals surface area contributed by atoms with E-state index in [1.54, 1.807) is 7.05 Å². The normalized spacial score (nSPS) is 16.8. The van der Waals surface area contributed by atoms with Crippen molar-refractivity contribution in [2.24, 2.45) is 0 Å². The van der Waals surface area contributed by atoms with Crippen LogP contribution >= 0.6 is 0 Å². The van der Waals surface area contributed by atoms with Crippen LogP contribution in [0.4, 0.5) is 0 Å². The van der Waals surface area contributed by atoms with E-state index in [-0.39, 0.29) is 11.3 Å². The lowest BCUT2D eigenvalue weighted by Gasteiger charge is -2.15. The molecular weight excluding hydrogens is 202 g/mol. The van der Waals surface area contributed by atoms with E-state index in [1.807, 2.05) is 24.4 Å². The highest BCUT2D eigenvalue weighted by Crippen LogP contribution is 2.46. The van der Waals surface area contributed by atoms with Crippen molar-refractivity contribution in [3.63, 3.8) is 0 Å². The van der Waals surface area contributed by atoms with Crippen molar-refractivity contribution in [3.05, 3.63) is 30.1 Å². The maximum absolute atomic E-state index is 11.4. The number of aromatic nitrogens is 1. The first-order valence-corrected chi connectivity index (χ1v) is 5.60. The Balaban J connectivity index is 1.92. The standard InChI is InChI=1S/C12H17N3O/c1-13-8-11(16)15-9-12(5-6-12)10-4-2-3-7-14-10/h2-4,7,13H,5-6,8-9H2,1H3,(H,15,16). The highest BCUT2D eigenvalue weighted by molar-refractivity contribution is 5.78. The number of amides is 1. The minimum atomic E-state index is 0.0460. The quantitative estimate of drug-likeness (QED) is 0.756. The van der Waals surface area contributed by atoms with Gasteiger partial charge in [0, 0.05) is 23.9 Å². The predicted octanol–water partition coefficient (Wildman–Crippen LogP) is 0.449. The van der Waals surface area contributed by atoms with Crippen LogP contribution in [-0.2, 0) is 10.2 Å². The molecule has 1 aliphatic rings. The average molecular weight is 219 g/mol. The van der Waals surface area contributed by atoms with Gasteiger partial charge < -0.3 is 10.6 Å². The van der Waals surface area contributed by atoms with Crippen molar-refractivity contribution in [3.8, 4) is 0 Å². The van der Waals surface area contributed by atoms with Crippen molar-refractivity contribution in [2.45, 2.75) is 18.3 Å². The van der Waals surface area contributed by atoms with Gasteiger partial charge >= 0.3 is 0 Å². The van der Waals surface area contributed by atoms with E-state index < -0.39 is 0 Å². The number of carbonyl (C=O) groups excluding carboxylic acids is 1. The molecule has 86 valence electrons. The van der Waals surface area contributed by atoms with E-state index in [0.717, 1.165) is 18.5 Å². The van der Waals surface area contributed by atoms with Crippen LogP contribution in [0.1, 0.15) is 18.5 Å². The van der Waals surface area contributed by atoms with Crippen LogP contribution in [0.25, 0.3) is 0 Å². The molecule has 4 nitrogen and oxygen atoms in total. The maximum Gasteiger partial charge on any atom is 0.233 e.